The van der Waals surface area contributed by atoms with Crippen LogP contribution in [0.2, 0.25) is 0 Å². The van der Waals surface area contributed by atoms with Crippen LogP contribution in [0, 0.1) is 0 Å². The molecule has 1 amide bonds. The van der Waals surface area contributed by atoms with Crippen LogP contribution in [0.4, 0.5) is 4.79 Å². The second kappa shape index (κ2) is 6.55. The molecular weight excluding hydrogens is 246 g/mol. The van der Waals surface area contributed by atoms with E-state index < -0.39 is 6.09 Å². The Hall–Kier alpha value is -2.34. The summed E-state index contributed by atoms with van der Waals surface area (Å²) in [5.41, 5.74) is 2.18. The minimum atomic E-state index is -0.496. The monoisotopic (exact) mass is 261 g/mol. The average Bonchev–Trinajstić information content (AvgIpc) is 2.92. The first-order valence-electron chi connectivity index (χ1n) is 5.86. The van der Waals surface area contributed by atoms with Gasteiger partial charge >= 0.3 is 6.09 Å². The van der Waals surface area contributed by atoms with Crippen molar-refractivity contribution in [3.8, 4) is 0 Å². The highest BCUT2D eigenvalue weighted by molar-refractivity contribution is 5.67. The third-order valence-corrected chi connectivity index (χ3v) is 2.48. The van der Waals surface area contributed by atoms with E-state index in [4.69, 9.17) is 9.84 Å². The molecule has 2 aromatic rings. The number of aliphatic hydroxyl groups excluding tert-OH is 1. The molecule has 0 saturated carbocycles. The summed E-state index contributed by atoms with van der Waals surface area (Å²) in [5.74, 6) is 0. The zero-order chi connectivity index (χ0) is 13.5. The van der Waals surface area contributed by atoms with Gasteiger partial charge < -0.3 is 15.2 Å². The first-order chi connectivity index (χ1) is 9.28. The number of rotatable bonds is 5. The van der Waals surface area contributed by atoms with E-state index >= 15 is 0 Å². The summed E-state index contributed by atoms with van der Waals surface area (Å²) in [6.45, 7) is 0.382. The number of ether oxygens (including phenoxy) is 1. The molecule has 1 heterocycles. The molecule has 0 aliphatic rings. The number of H-pyrrole nitrogens is 1. The fraction of sp³-hybridized carbons (Fsp3) is 0.231. The number of alkyl carbamates (subject to hydrolysis) is 1. The van der Waals surface area contributed by atoms with Gasteiger partial charge in [-0.05, 0) is 11.6 Å². The number of aromatic nitrogens is 2. The Labute approximate surface area is 110 Å². The van der Waals surface area contributed by atoms with Crippen LogP contribution in [0.25, 0.3) is 0 Å². The molecule has 2 rings (SSSR count). The molecule has 0 aliphatic heterocycles. The topological polar surface area (TPSA) is 87.2 Å². The van der Waals surface area contributed by atoms with Gasteiger partial charge in [-0.2, -0.15) is 5.10 Å². The van der Waals surface area contributed by atoms with Crippen LogP contribution in [-0.4, -0.2) is 21.4 Å². The van der Waals surface area contributed by atoms with E-state index in [0.717, 1.165) is 5.56 Å². The van der Waals surface area contributed by atoms with Crippen molar-refractivity contribution in [3.05, 3.63) is 53.3 Å². The first-order valence-corrected chi connectivity index (χ1v) is 5.86. The standard InChI is InChI=1S/C13H15N3O3/c17-8-12-6-11(15-16-12)7-14-13(18)19-9-10-4-2-1-3-5-10/h1-6,17H,7-9H2,(H,14,18)(H,15,16). The average molecular weight is 261 g/mol. The van der Waals surface area contributed by atoms with Crippen LogP contribution in [-0.2, 0) is 24.5 Å². The van der Waals surface area contributed by atoms with Crippen molar-refractivity contribution in [1.29, 1.82) is 0 Å². The van der Waals surface area contributed by atoms with E-state index in [1.54, 1.807) is 6.07 Å². The zero-order valence-corrected chi connectivity index (χ0v) is 10.3. The summed E-state index contributed by atoms with van der Waals surface area (Å²) in [4.78, 5) is 11.4. The number of carbonyl (C=O) groups excluding carboxylic acids is 1. The predicted octanol–water partition coefficient (Wildman–Crippen LogP) is 1.33. The molecule has 6 heteroatoms. The van der Waals surface area contributed by atoms with Gasteiger partial charge in [0.1, 0.15) is 6.61 Å². The molecule has 19 heavy (non-hydrogen) atoms. The van der Waals surface area contributed by atoms with Gasteiger partial charge in [0, 0.05) is 0 Å². The van der Waals surface area contributed by atoms with Gasteiger partial charge in [-0.1, -0.05) is 30.3 Å². The summed E-state index contributed by atoms with van der Waals surface area (Å²) in [5, 5.41) is 18.0. The van der Waals surface area contributed by atoms with Crippen molar-refractivity contribution in [2.45, 2.75) is 19.8 Å². The summed E-state index contributed by atoms with van der Waals surface area (Å²) in [6.07, 6.45) is -0.496. The molecular formula is C13H15N3O3. The molecule has 0 bridgehead atoms. The largest absolute Gasteiger partial charge is 0.445 e. The van der Waals surface area contributed by atoms with Gasteiger partial charge in [-0.3, -0.25) is 5.10 Å². The smallest absolute Gasteiger partial charge is 0.407 e. The molecule has 0 aliphatic carbocycles. The van der Waals surface area contributed by atoms with Crippen molar-refractivity contribution in [2.24, 2.45) is 0 Å². The van der Waals surface area contributed by atoms with Gasteiger partial charge in [-0.25, -0.2) is 4.79 Å². The Morgan fingerprint density at radius 2 is 2.16 bits per heavy atom. The van der Waals surface area contributed by atoms with E-state index in [2.05, 4.69) is 15.5 Å². The predicted molar refractivity (Wildman–Crippen MR) is 68.0 cm³/mol. The van der Waals surface area contributed by atoms with Crippen molar-refractivity contribution in [1.82, 2.24) is 15.5 Å². The molecule has 0 saturated heterocycles. The number of aliphatic hydroxyl groups is 1. The minimum absolute atomic E-state index is 0.130. The number of amides is 1. The SMILES string of the molecule is O=C(NCc1cc(CO)n[nH]1)OCc1ccccc1. The number of nitrogens with zero attached hydrogens (tertiary/aromatic N) is 1. The Morgan fingerprint density at radius 3 is 2.84 bits per heavy atom. The van der Waals surface area contributed by atoms with Gasteiger partial charge in [0.2, 0.25) is 0 Å². The molecule has 0 radical (unpaired) electrons. The fourth-order valence-electron chi connectivity index (χ4n) is 1.52. The second-order valence-corrected chi connectivity index (χ2v) is 3.96. The number of aromatic amines is 1. The normalized spacial score (nSPS) is 10.2. The lowest BCUT2D eigenvalue weighted by Gasteiger charge is -2.05. The third-order valence-electron chi connectivity index (χ3n) is 2.48. The molecule has 0 fully saturated rings. The van der Waals surface area contributed by atoms with Gasteiger partial charge in [0.25, 0.3) is 0 Å². The summed E-state index contributed by atoms with van der Waals surface area (Å²) in [7, 11) is 0. The Bertz CT molecular complexity index is 525. The van der Waals surface area contributed by atoms with Gasteiger partial charge in [0.05, 0.1) is 24.5 Å². The van der Waals surface area contributed by atoms with Gasteiger partial charge in [-0.15, -0.1) is 0 Å². The fourth-order valence-corrected chi connectivity index (χ4v) is 1.52. The molecule has 1 aromatic heterocycles. The highest BCUT2D eigenvalue weighted by Crippen LogP contribution is 2.01. The van der Waals surface area contributed by atoms with Crippen molar-refractivity contribution < 1.29 is 14.6 Å². The van der Waals surface area contributed by atoms with Crippen LogP contribution in [0.3, 0.4) is 0 Å². The van der Waals surface area contributed by atoms with Crippen LogP contribution < -0.4 is 5.32 Å². The number of hydrogen-bond donors (Lipinski definition) is 3. The molecule has 100 valence electrons. The van der Waals surface area contributed by atoms with Crippen molar-refractivity contribution >= 4 is 6.09 Å². The minimum Gasteiger partial charge on any atom is -0.445 e. The lowest BCUT2D eigenvalue weighted by atomic mass is 10.2. The summed E-state index contributed by atoms with van der Waals surface area (Å²) < 4.78 is 5.05. The quantitative estimate of drug-likeness (QED) is 0.757. The maximum atomic E-state index is 11.4. The molecule has 0 spiro atoms. The number of nitrogens with one attached hydrogen (secondary N) is 2. The third kappa shape index (κ3) is 4.11. The van der Waals surface area contributed by atoms with E-state index in [1.165, 1.54) is 0 Å². The number of carbonyl (C=O) groups is 1. The molecule has 1 aromatic carbocycles. The lowest BCUT2D eigenvalue weighted by molar-refractivity contribution is 0.139. The maximum Gasteiger partial charge on any atom is 0.407 e. The van der Waals surface area contributed by atoms with Crippen LogP contribution in [0.1, 0.15) is 17.0 Å². The lowest BCUT2D eigenvalue weighted by Crippen LogP contribution is -2.23. The van der Waals surface area contributed by atoms with Crippen LogP contribution in [0.5, 0.6) is 0 Å². The Kier molecular flexibility index (Phi) is 4.52. The van der Waals surface area contributed by atoms with E-state index in [9.17, 15) is 4.79 Å². The second-order valence-electron chi connectivity index (χ2n) is 3.96. The zero-order valence-electron chi connectivity index (χ0n) is 10.3. The summed E-state index contributed by atoms with van der Waals surface area (Å²) in [6, 6.07) is 11.1. The van der Waals surface area contributed by atoms with Crippen molar-refractivity contribution in [3.63, 3.8) is 0 Å². The van der Waals surface area contributed by atoms with Crippen LogP contribution >= 0.6 is 0 Å². The summed E-state index contributed by atoms with van der Waals surface area (Å²) >= 11 is 0. The molecule has 3 N–H and O–H groups in total. The highest BCUT2D eigenvalue weighted by Gasteiger charge is 2.04. The highest BCUT2D eigenvalue weighted by atomic mass is 16.5. The van der Waals surface area contributed by atoms with E-state index in [0.29, 0.717) is 11.4 Å². The van der Waals surface area contributed by atoms with Gasteiger partial charge in [0.15, 0.2) is 0 Å². The number of benzene rings is 1. The Morgan fingerprint density at radius 1 is 1.37 bits per heavy atom. The number of hydrogen-bond acceptors (Lipinski definition) is 4. The first kappa shape index (κ1) is 13.1. The van der Waals surface area contributed by atoms with Crippen molar-refractivity contribution in [2.75, 3.05) is 0 Å². The Balaban J connectivity index is 1.73. The van der Waals surface area contributed by atoms with E-state index in [1.807, 2.05) is 30.3 Å². The maximum absolute atomic E-state index is 11.4. The van der Waals surface area contributed by atoms with E-state index in [-0.39, 0.29) is 19.8 Å². The molecule has 6 nitrogen and oxygen atoms in total. The molecule has 0 atom stereocenters. The molecule has 0 unspecified atom stereocenters. The van der Waals surface area contributed by atoms with Crippen LogP contribution in [0.15, 0.2) is 36.4 Å².